The van der Waals surface area contributed by atoms with Gasteiger partial charge in [0.1, 0.15) is 4.33 Å². The zero-order chi connectivity index (χ0) is 25.1. The van der Waals surface area contributed by atoms with Gasteiger partial charge in [-0.25, -0.2) is 8.78 Å². The van der Waals surface area contributed by atoms with Crippen LogP contribution in [-0.4, -0.2) is 28.1 Å². The van der Waals surface area contributed by atoms with E-state index in [0.29, 0.717) is 0 Å². The van der Waals surface area contributed by atoms with E-state index in [2.05, 4.69) is 10.6 Å². The second kappa shape index (κ2) is 8.53. The summed E-state index contributed by atoms with van der Waals surface area (Å²) in [5, 5.41) is 5.03. The minimum atomic E-state index is -4.57. The van der Waals surface area contributed by atoms with Crippen molar-refractivity contribution in [2.75, 3.05) is 5.32 Å². The molecular weight excluding hydrogens is 526 g/mol. The first-order valence-electron chi connectivity index (χ1n) is 10.0. The Balaban J connectivity index is 1.47. The summed E-state index contributed by atoms with van der Waals surface area (Å²) in [7, 11) is 0. The van der Waals surface area contributed by atoms with Gasteiger partial charge in [-0.3, -0.25) is 9.59 Å². The second-order valence-corrected chi connectivity index (χ2v) is 10.2. The Kier molecular flexibility index (Phi) is 6.28. The molecule has 2 atom stereocenters. The minimum Gasteiger partial charge on any atom is -0.349 e. The molecule has 0 saturated heterocycles. The molecule has 4 rings (SSSR count). The molecule has 2 fully saturated rings. The number of anilines is 1. The van der Waals surface area contributed by atoms with E-state index in [9.17, 15) is 31.5 Å². The van der Waals surface area contributed by atoms with Gasteiger partial charge in [-0.05, 0) is 29.8 Å². The Morgan fingerprint density at radius 2 is 1.71 bits per heavy atom. The van der Waals surface area contributed by atoms with E-state index < -0.39 is 64.5 Å². The van der Waals surface area contributed by atoms with Crippen LogP contribution in [0.15, 0.2) is 42.5 Å². The molecule has 0 bridgehead atoms. The fourth-order valence-corrected chi connectivity index (χ4v) is 5.03. The SMILES string of the molecule is O=C(NC1CC(F)(F)C1)c1cc(NC(=O)C2C(c3cccc(C(F)(F)F)c3)C2(Cl)Cl)ccc1Cl. The summed E-state index contributed by atoms with van der Waals surface area (Å²) in [6, 6.07) is 7.72. The maximum atomic E-state index is 13.0. The van der Waals surface area contributed by atoms with Crippen LogP contribution < -0.4 is 10.6 Å². The van der Waals surface area contributed by atoms with Gasteiger partial charge in [0.2, 0.25) is 5.91 Å². The molecule has 4 nitrogen and oxygen atoms in total. The van der Waals surface area contributed by atoms with Gasteiger partial charge in [-0.15, -0.1) is 23.2 Å². The van der Waals surface area contributed by atoms with Crippen molar-refractivity contribution in [3.63, 3.8) is 0 Å². The van der Waals surface area contributed by atoms with Crippen LogP contribution in [-0.2, 0) is 11.0 Å². The highest BCUT2D eigenvalue weighted by Gasteiger charge is 2.67. The third kappa shape index (κ3) is 4.97. The monoisotopic (exact) mass is 540 g/mol. The van der Waals surface area contributed by atoms with Gasteiger partial charge in [0.25, 0.3) is 11.8 Å². The number of alkyl halides is 7. The number of nitrogens with one attached hydrogen (secondary N) is 2. The van der Waals surface area contributed by atoms with E-state index in [1.54, 1.807) is 0 Å². The molecule has 2 N–H and O–H groups in total. The van der Waals surface area contributed by atoms with Crippen molar-refractivity contribution in [1.82, 2.24) is 5.32 Å². The Bertz CT molecular complexity index is 1150. The average Bonchev–Trinajstić information content (AvgIpc) is 3.29. The summed E-state index contributed by atoms with van der Waals surface area (Å²) in [5.41, 5.74) is -0.619. The number of halogens is 8. The summed E-state index contributed by atoms with van der Waals surface area (Å²) in [6.07, 6.45) is -5.52. The number of hydrogen-bond donors (Lipinski definition) is 2. The summed E-state index contributed by atoms with van der Waals surface area (Å²) in [6.45, 7) is 0. The predicted octanol–water partition coefficient (Wildman–Crippen LogP) is 6.41. The molecular formula is C22H16Cl3F5N2O2. The van der Waals surface area contributed by atoms with E-state index in [0.717, 1.165) is 12.1 Å². The Morgan fingerprint density at radius 1 is 1.03 bits per heavy atom. The highest BCUT2D eigenvalue weighted by Crippen LogP contribution is 2.65. The van der Waals surface area contributed by atoms with Crippen LogP contribution >= 0.6 is 34.8 Å². The van der Waals surface area contributed by atoms with Gasteiger partial charge in [0.05, 0.1) is 22.1 Å². The van der Waals surface area contributed by atoms with E-state index in [4.69, 9.17) is 34.8 Å². The van der Waals surface area contributed by atoms with Crippen LogP contribution in [0.25, 0.3) is 0 Å². The highest BCUT2D eigenvalue weighted by molar-refractivity contribution is 6.53. The first-order chi connectivity index (χ1) is 15.7. The highest BCUT2D eigenvalue weighted by atomic mass is 35.5. The van der Waals surface area contributed by atoms with Crippen LogP contribution in [0.4, 0.5) is 27.6 Å². The van der Waals surface area contributed by atoms with Crippen LogP contribution in [0.5, 0.6) is 0 Å². The van der Waals surface area contributed by atoms with E-state index >= 15 is 0 Å². The van der Waals surface area contributed by atoms with Crippen molar-refractivity contribution in [3.8, 4) is 0 Å². The van der Waals surface area contributed by atoms with Crippen molar-refractivity contribution < 1.29 is 31.5 Å². The van der Waals surface area contributed by atoms with Gasteiger partial charge in [0.15, 0.2) is 0 Å². The quantitative estimate of drug-likeness (QED) is 0.339. The lowest BCUT2D eigenvalue weighted by Gasteiger charge is -2.35. The summed E-state index contributed by atoms with van der Waals surface area (Å²) < 4.78 is 63.5. The number of benzene rings is 2. The van der Waals surface area contributed by atoms with Crippen molar-refractivity contribution in [2.24, 2.45) is 5.92 Å². The van der Waals surface area contributed by atoms with Gasteiger partial charge in [-0.2, -0.15) is 13.2 Å². The number of rotatable bonds is 5. The van der Waals surface area contributed by atoms with E-state index in [1.165, 1.54) is 30.3 Å². The molecule has 12 heteroatoms. The van der Waals surface area contributed by atoms with Crippen molar-refractivity contribution in [1.29, 1.82) is 0 Å². The predicted molar refractivity (Wildman–Crippen MR) is 118 cm³/mol. The molecule has 34 heavy (non-hydrogen) atoms. The molecule has 0 aromatic heterocycles. The molecule has 2 unspecified atom stereocenters. The van der Waals surface area contributed by atoms with Crippen molar-refractivity contribution in [2.45, 2.75) is 41.2 Å². The molecule has 182 valence electrons. The molecule has 0 radical (unpaired) electrons. The number of carbonyl (C=O) groups is 2. The standard InChI is InChI=1S/C22H16Cl3F5N2O2/c23-15-5-4-12(7-14(15)18(33)32-13-8-20(26,27)9-13)31-19(34)17-16(21(17,24)25)10-2-1-3-11(6-10)22(28,29)30/h1-7,13,16-17H,8-9H2,(H,31,34)(H,32,33). The molecule has 2 aromatic rings. The lowest BCUT2D eigenvalue weighted by atomic mass is 9.88. The fourth-order valence-electron chi connectivity index (χ4n) is 4.00. The minimum absolute atomic E-state index is 0.0390. The van der Waals surface area contributed by atoms with Crippen LogP contribution in [0.1, 0.15) is 40.2 Å². The second-order valence-electron chi connectivity index (χ2n) is 8.37. The summed E-state index contributed by atoms with van der Waals surface area (Å²) in [4.78, 5) is 25.2. The number of hydrogen-bond acceptors (Lipinski definition) is 2. The molecule has 2 aliphatic carbocycles. The van der Waals surface area contributed by atoms with Crippen LogP contribution in [0.2, 0.25) is 5.02 Å². The zero-order valence-corrected chi connectivity index (χ0v) is 19.3. The van der Waals surface area contributed by atoms with E-state index in [-0.39, 0.29) is 21.8 Å². The number of carbonyl (C=O) groups excluding carboxylic acids is 2. The third-order valence-corrected chi connectivity index (χ3v) is 7.08. The molecule has 0 aliphatic heterocycles. The van der Waals surface area contributed by atoms with Gasteiger partial charge < -0.3 is 10.6 Å². The molecule has 2 aromatic carbocycles. The molecule has 0 heterocycles. The maximum Gasteiger partial charge on any atom is 0.416 e. The molecule has 2 saturated carbocycles. The molecule has 2 amide bonds. The normalized spacial score (nSPS) is 23.1. The lowest BCUT2D eigenvalue weighted by molar-refractivity contribution is -0.137. The Morgan fingerprint density at radius 3 is 2.32 bits per heavy atom. The number of amides is 2. The smallest absolute Gasteiger partial charge is 0.349 e. The third-order valence-electron chi connectivity index (χ3n) is 5.81. The van der Waals surface area contributed by atoms with Crippen LogP contribution in [0, 0.1) is 5.92 Å². The van der Waals surface area contributed by atoms with Gasteiger partial charge in [-0.1, -0.05) is 29.8 Å². The van der Waals surface area contributed by atoms with Crippen LogP contribution in [0.3, 0.4) is 0 Å². The Labute approximate surface area is 205 Å². The first-order valence-corrected chi connectivity index (χ1v) is 11.2. The molecule has 0 spiro atoms. The lowest BCUT2D eigenvalue weighted by Crippen LogP contribution is -2.50. The summed E-state index contributed by atoms with van der Waals surface area (Å²) in [5.74, 6) is -6.09. The van der Waals surface area contributed by atoms with Crippen molar-refractivity contribution >= 4 is 52.3 Å². The topological polar surface area (TPSA) is 58.2 Å². The fraction of sp³-hybridized carbons (Fsp3) is 0.364. The maximum absolute atomic E-state index is 13.0. The van der Waals surface area contributed by atoms with E-state index in [1.807, 2.05) is 0 Å². The first kappa shape index (κ1) is 25.0. The Hall–Kier alpha value is -2.10. The van der Waals surface area contributed by atoms with Gasteiger partial charge in [0, 0.05) is 30.5 Å². The van der Waals surface area contributed by atoms with Crippen molar-refractivity contribution in [3.05, 3.63) is 64.2 Å². The average molecular weight is 542 g/mol. The largest absolute Gasteiger partial charge is 0.416 e. The zero-order valence-electron chi connectivity index (χ0n) is 17.0. The summed E-state index contributed by atoms with van der Waals surface area (Å²) >= 11 is 18.5. The van der Waals surface area contributed by atoms with Gasteiger partial charge >= 0.3 is 6.18 Å². The molecule has 2 aliphatic rings.